The first-order valence-electron chi connectivity index (χ1n) is 7.94. The molecule has 2 unspecified atom stereocenters. The number of nitrogens with one attached hydrogen (secondary N) is 2. The quantitative estimate of drug-likeness (QED) is 0.781. The number of thiazole rings is 1. The van der Waals surface area contributed by atoms with E-state index < -0.39 is 0 Å². The fourth-order valence-corrected chi connectivity index (χ4v) is 3.84. The molecule has 2 saturated carbocycles. The van der Waals surface area contributed by atoms with Crippen LogP contribution in [0.15, 0.2) is 0 Å². The number of carbonyl (C=O) groups is 1. The first-order chi connectivity index (χ1) is 10.1. The van der Waals surface area contributed by atoms with Crippen molar-refractivity contribution in [3.05, 3.63) is 4.88 Å². The van der Waals surface area contributed by atoms with Gasteiger partial charge in [0.2, 0.25) is 0 Å². The highest BCUT2D eigenvalue weighted by atomic mass is 32.1. The number of amides is 1. The van der Waals surface area contributed by atoms with E-state index in [0.29, 0.717) is 28.6 Å². The van der Waals surface area contributed by atoms with Crippen molar-refractivity contribution in [2.75, 3.05) is 17.6 Å². The average molecular weight is 308 g/mol. The normalized spacial score (nSPS) is 25.6. The summed E-state index contributed by atoms with van der Waals surface area (Å²) >= 11 is 1.36. The number of hydrogen-bond acceptors (Lipinski definition) is 5. The summed E-state index contributed by atoms with van der Waals surface area (Å²) in [5.41, 5.74) is 5.87. The minimum atomic E-state index is -0.0772. The van der Waals surface area contributed by atoms with Gasteiger partial charge in [0.05, 0.1) is 0 Å². The Bertz CT molecular complexity index is 512. The number of nitrogens with two attached hydrogens (primary N) is 1. The van der Waals surface area contributed by atoms with Gasteiger partial charge in [-0.2, -0.15) is 0 Å². The molecule has 1 aromatic rings. The lowest BCUT2D eigenvalue weighted by atomic mass is 9.80. The smallest absolute Gasteiger partial charge is 0.265 e. The molecule has 0 bridgehead atoms. The third kappa shape index (κ3) is 3.67. The molecule has 2 aliphatic carbocycles. The SMILES string of the molecule is CC1CCCCC1CNC(=O)c1sc(NC2CC2)nc1N. The topological polar surface area (TPSA) is 80.0 Å². The van der Waals surface area contributed by atoms with E-state index in [1.54, 1.807) is 0 Å². The number of carbonyl (C=O) groups excluding carboxylic acids is 1. The van der Waals surface area contributed by atoms with Gasteiger partial charge in [-0.15, -0.1) is 0 Å². The van der Waals surface area contributed by atoms with Gasteiger partial charge < -0.3 is 16.4 Å². The summed E-state index contributed by atoms with van der Waals surface area (Å²) in [4.78, 5) is 17.1. The van der Waals surface area contributed by atoms with Gasteiger partial charge in [0.25, 0.3) is 5.91 Å². The van der Waals surface area contributed by atoms with E-state index in [2.05, 4.69) is 22.5 Å². The Morgan fingerprint density at radius 2 is 2.10 bits per heavy atom. The van der Waals surface area contributed by atoms with E-state index >= 15 is 0 Å². The molecule has 0 saturated heterocycles. The Balaban J connectivity index is 1.55. The van der Waals surface area contributed by atoms with Crippen LogP contribution in [0, 0.1) is 11.8 Å². The molecule has 5 nitrogen and oxygen atoms in total. The average Bonchev–Trinajstić information content (AvgIpc) is 3.19. The highest BCUT2D eigenvalue weighted by molar-refractivity contribution is 7.18. The van der Waals surface area contributed by atoms with Crippen LogP contribution >= 0.6 is 11.3 Å². The third-order valence-electron chi connectivity index (χ3n) is 4.58. The molecule has 1 aromatic heterocycles. The fraction of sp³-hybridized carbons (Fsp3) is 0.733. The molecule has 2 fully saturated rings. The predicted molar refractivity (Wildman–Crippen MR) is 86.6 cm³/mol. The number of nitrogen functional groups attached to an aromatic ring is 1. The highest BCUT2D eigenvalue weighted by Gasteiger charge is 2.25. The van der Waals surface area contributed by atoms with E-state index in [1.165, 1.54) is 49.9 Å². The Hall–Kier alpha value is -1.30. The Labute approximate surface area is 129 Å². The third-order valence-corrected chi connectivity index (χ3v) is 5.58. The van der Waals surface area contributed by atoms with Crippen molar-refractivity contribution < 1.29 is 4.79 Å². The van der Waals surface area contributed by atoms with Crippen LogP contribution in [0.5, 0.6) is 0 Å². The molecule has 0 aliphatic heterocycles. The molecular weight excluding hydrogens is 284 g/mol. The minimum absolute atomic E-state index is 0.0772. The van der Waals surface area contributed by atoms with Crippen LogP contribution in [0.1, 0.15) is 55.1 Å². The second-order valence-corrected chi connectivity index (χ2v) is 7.38. The highest BCUT2D eigenvalue weighted by Crippen LogP contribution is 2.31. The second kappa shape index (κ2) is 6.22. The first kappa shape index (κ1) is 14.6. The summed E-state index contributed by atoms with van der Waals surface area (Å²) in [6.07, 6.45) is 7.46. The zero-order valence-electron chi connectivity index (χ0n) is 12.5. The summed E-state index contributed by atoms with van der Waals surface area (Å²) in [6, 6.07) is 0.523. The molecule has 2 atom stereocenters. The Morgan fingerprint density at radius 3 is 2.81 bits per heavy atom. The molecule has 2 aliphatic rings. The molecule has 1 amide bonds. The maximum absolute atomic E-state index is 12.3. The Kier molecular flexibility index (Phi) is 4.33. The largest absolute Gasteiger partial charge is 0.382 e. The molecule has 1 heterocycles. The van der Waals surface area contributed by atoms with E-state index in [4.69, 9.17) is 5.73 Å². The van der Waals surface area contributed by atoms with Gasteiger partial charge >= 0.3 is 0 Å². The summed E-state index contributed by atoms with van der Waals surface area (Å²) in [5.74, 6) is 1.56. The van der Waals surface area contributed by atoms with Crippen molar-refractivity contribution in [2.24, 2.45) is 11.8 Å². The maximum atomic E-state index is 12.3. The van der Waals surface area contributed by atoms with Crippen molar-refractivity contribution >= 4 is 28.2 Å². The van der Waals surface area contributed by atoms with E-state index in [0.717, 1.165) is 11.7 Å². The monoisotopic (exact) mass is 308 g/mol. The number of nitrogens with zero attached hydrogens (tertiary/aromatic N) is 1. The van der Waals surface area contributed by atoms with E-state index in [1.807, 2.05) is 0 Å². The summed E-state index contributed by atoms with van der Waals surface area (Å²) in [5, 5.41) is 7.11. The lowest BCUT2D eigenvalue weighted by Gasteiger charge is -2.28. The lowest BCUT2D eigenvalue weighted by molar-refractivity contribution is 0.0941. The van der Waals surface area contributed by atoms with Crippen LogP contribution in [0.2, 0.25) is 0 Å². The summed E-state index contributed by atoms with van der Waals surface area (Å²) in [6.45, 7) is 3.04. The molecule has 6 heteroatoms. The minimum Gasteiger partial charge on any atom is -0.382 e. The van der Waals surface area contributed by atoms with Crippen LogP contribution < -0.4 is 16.4 Å². The van der Waals surface area contributed by atoms with Crippen molar-refractivity contribution in [1.82, 2.24) is 10.3 Å². The molecule has 3 rings (SSSR count). The lowest BCUT2D eigenvalue weighted by Crippen LogP contribution is -2.33. The second-order valence-electron chi connectivity index (χ2n) is 6.38. The van der Waals surface area contributed by atoms with E-state index in [-0.39, 0.29) is 5.91 Å². The molecule has 4 N–H and O–H groups in total. The van der Waals surface area contributed by atoms with Gasteiger partial charge in [0.1, 0.15) is 10.7 Å². The zero-order valence-corrected chi connectivity index (χ0v) is 13.3. The molecular formula is C15H24N4OS. The van der Waals surface area contributed by atoms with Crippen molar-refractivity contribution in [3.8, 4) is 0 Å². The molecule has 116 valence electrons. The van der Waals surface area contributed by atoms with Crippen molar-refractivity contribution in [2.45, 2.75) is 51.5 Å². The van der Waals surface area contributed by atoms with Gasteiger partial charge in [-0.1, -0.05) is 37.5 Å². The molecule has 21 heavy (non-hydrogen) atoms. The predicted octanol–water partition coefficient (Wildman–Crippen LogP) is 2.86. The van der Waals surface area contributed by atoms with Crippen LogP contribution in [0.4, 0.5) is 10.9 Å². The van der Waals surface area contributed by atoms with Gasteiger partial charge in [0.15, 0.2) is 5.13 Å². The number of anilines is 2. The number of rotatable bonds is 5. The Morgan fingerprint density at radius 1 is 1.33 bits per heavy atom. The number of aromatic nitrogens is 1. The van der Waals surface area contributed by atoms with Crippen LogP contribution in [-0.2, 0) is 0 Å². The van der Waals surface area contributed by atoms with Crippen LogP contribution in [-0.4, -0.2) is 23.5 Å². The molecule has 0 radical (unpaired) electrons. The first-order valence-corrected chi connectivity index (χ1v) is 8.76. The van der Waals surface area contributed by atoms with Gasteiger partial charge in [-0.3, -0.25) is 4.79 Å². The maximum Gasteiger partial charge on any atom is 0.265 e. The van der Waals surface area contributed by atoms with Crippen molar-refractivity contribution in [3.63, 3.8) is 0 Å². The fourth-order valence-electron chi connectivity index (χ4n) is 2.96. The molecule has 0 aromatic carbocycles. The standard InChI is InChI=1S/C15H24N4OS/c1-9-4-2-3-5-10(9)8-17-14(20)12-13(16)19-15(21-12)18-11-6-7-11/h9-11H,2-8,16H2,1H3,(H,17,20)(H,18,19). The van der Waals surface area contributed by atoms with E-state index in [9.17, 15) is 4.79 Å². The molecule has 0 spiro atoms. The van der Waals surface area contributed by atoms with Crippen molar-refractivity contribution in [1.29, 1.82) is 0 Å². The van der Waals surface area contributed by atoms with Gasteiger partial charge in [-0.25, -0.2) is 4.98 Å². The van der Waals surface area contributed by atoms with Crippen LogP contribution in [0.3, 0.4) is 0 Å². The zero-order chi connectivity index (χ0) is 14.8. The van der Waals surface area contributed by atoms with Crippen LogP contribution in [0.25, 0.3) is 0 Å². The number of hydrogen-bond donors (Lipinski definition) is 3. The summed E-state index contributed by atoms with van der Waals surface area (Å²) in [7, 11) is 0. The van der Waals surface area contributed by atoms with Gasteiger partial charge in [0, 0.05) is 12.6 Å². The van der Waals surface area contributed by atoms with Gasteiger partial charge in [-0.05, 0) is 31.1 Å². The summed E-state index contributed by atoms with van der Waals surface area (Å²) < 4.78 is 0.